The van der Waals surface area contributed by atoms with E-state index in [1.54, 1.807) is 0 Å². The van der Waals surface area contributed by atoms with E-state index in [9.17, 15) is 4.79 Å². The largest absolute Gasteiger partial charge is 0.355 e. The zero-order valence-corrected chi connectivity index (χ0v) is 10.5. The lowest BCUT2D eigenvalue weighted by Crippen LogP contribution is -2.31. The molecule has 0 aromatic heterocycles. The zero-order chi connectivity index (χ0) is 11.3. The molecule has 15 heavy (non-hydrogen) atoms. The summed E-state index contributed by atoms with van der Waals surface area (Å²) in [7, 11) is 0. The van der Waals surface area contributed by atoms with Crippen LogP contribution in [0.3, 0.4) is 0 Å². The van der Waals surface area contributed by atoms with Crippen LogP contribution in [0.4, 0.5) is 0 Å². The van der Waals surface area contributed by atoms with Gasteiger partial charge in [0.15, 0.2) is 0 Å². The molecular weight excluding hydrogens is 208 g/mol. The number of hydrogen-bond donors (Lipinski definition) is 2. The van der Waals surface area contributed by atoms with E-state index in [0.29, 0.717) is 23.6 Å². The van der Waals surface area contributed by atoms with E-state index in [2.05, 4.69) is 18.5 Å². The van der Waals surface area contributed by atoms with Crippen LogP contribution in [0.5, 0.6) is 0 Å². The molecular formula is C11H22N2OS. The van der Waals surface area contributed by atoms with Gasteiger partial charge in [-0.3, -0.25) is 4.79 Å². The average molecular weight is 230 g/mol. The molecule has 88 valence electrons. The quantitative estimate of drug-likeness (QED) is 0.694. The number of amides is 1. The molecule has 0 aliphatic heterocycles. The molecule has 1 unspecified atom stereocenters. The summed E-state index contributed by atoms with van der Waals surface area (Å²) in [6.45, 7) is 3.59. The summed E-state index contributed by atoms with van der Waals surface area (Å²) in [4.78, 5) is 11.5. The lowest BCUT2D eigenvalue weighted by molar-refractivity contribution is -0.121. The van der Waals surface area contributed by atoms with Crippen LogP contribution < -0.4 is 11.1 Å². The van der Waals surface area contributed by atoms with Crippen LogP contribution >= 0.6 is 11.8 Å². The molecule has 0 spiro atoms. The highest BCUT2D eigenvalue weighted by atomic mass is 32.2. The van der Waals surface area contributed by atoms with Gasteiger partial charge >= 0.3 is 0 Å². The molecule has 0 aromatic carbocycles. The molecule has 0 aromatic rings. The first kappa shape index (κ1) is 12.8. The summed E-state index contributed by atoms with van der Waals surface area (Å²) in [5.74, 6) is 0.627. The second kappa shape index (κ2) is 5.75. The van der Waals surface area contributed by atoms with Gasteiger partial charge in [0, 0.05) is 17.7 Å². The fourth-order valence-corrected chi connectivity index (χ4v) is 2.16. The Kier molecular flexibility index (Phi) is 4.93. The summed E-state index contributed by atoms with van der Waals surface area (Å²) in [5.41, 5.74) is 5.50. The van der Waals surface area contributed by atoms with E-state index in [1.165, 1.54) is 12.8 Å². The van der Waals surface area contributed by atoms with E-state index in [4.69, 9.17) is 5.73 Å². The van der Waals surface area contributed by atoms with Gasteiger partial charge in [-0.15, -0.1) is 0 Å². The number of rotatable bonds is 7. The monoisotopic (exact) mass is 230 g/mol. The maximum Gasteiger partial charge on any atom is 0.220 e. The lowest BCUT2D eigenvalue weighted by atomic mass is 10.1. The van der Waals surface area contributed by atoms with Crippen LogP contribution in [0.25, 0.3) is 0 Å². The average Bonchev–Trinajstić information content (AvgIpc) is 3.03. The first-order valence-electron chi connectivity index (χ1n) is 5.64. The van der Waals surface area contributed by atoms with Gasteiger partial charge in [-0.25, -0.2) is 0 Å². The topological polar surface area (TPSA) is 55.1 Å². The van der Waals surface area contributed by atoms with Crippen LogP contribution in [0, 0.1) is 5.92 Å². The third-order valence-corrected chi connectivity index (χ3v) is 4.53. The van der Waals surface area contributed by atoms with Gasteiger partial charge in [-0.05, 0) is 38.0 Å². The molecule has 0 heterocycles. The molecule has 1 rings (SSSR count). The predicted octanol–water partition coefficient (Wildman–Crippen LogP) is 1.37. The van der Waals surface area contributed by atoms with Crippen molar-refractivity contribution in [1.29, 1.82) is 0 Å². The molecule has 1 saturated carbocycles. The fourth-order valence-electron chi connectivity index (χ4n) is 1.44. The van der Waals surface area contributed by atoms with E-state index in [1.807, 2.05) is 11.8 Å². The third kappa shape index (κ3) is 4.43. The number of nitrogens with two attached hydrogens (primary N) is 1. The molecule has 0 radical (unpaired) electrons. The molecule has 1 fully saturated rings. The van der Waals surface area contributed by atoms with Crippen molar-refractivity contribution in [1.82, 2.24) is 5.32 Å². The summed E-state index contributed by atoms with van der Waals surface area (Å²) < 4.78 is 0.370. The third-order valence-electron chi connectivity index (χ3n) is 3.11. The molecule has 1 atom stereocenters. The number of nitrogens with one attached hydrogen (secondary N) is 1. The van der Waals surface area contributed by atoms with Gasteiger partial charge < -0.3 is 11.1 Å². The van der Waals surface area contributed by atoms with Crippen molar-refractivity contribution in [2.24, 2.45) is 11.7 Å². The van der Waals surface area contributed by atoms with Gasteiger partial charge in [0.1, 0.15) is 0 Å². The summed E-state index contributed by atoms with van der Waals surface area (Å²) in [6.07, 6.45) is 6.12. The molecule has 0 saturated heterocycles. The standard InChI is InChI=1S/C11H22N2OS/c1-9(7-12)3-4-10(14)13-8-11(15-2)5-6-11/h9H,3-8,12H2,1-2H3,(H,13,14). The SMILES string of the molecule is CSC1(CNC(=O)CCC(C)CN)CC1. The molecule has 3 N–H and O–H groups in total. The minimum atomic E-state index is 0.177. The van der Waals surface area contributed by atoms with Gasteiger partial charge in [0.05, 0.1) is 0 Å². The van der Waals surface area contributed by atoms with Crippen molar-refractivity contribution in [3.63, 3.8) is 0 Å². The van der Waals surface area contributed by atoms with Gasteiger partial charge in [0.2, 0.25) is 5.91 Å². The van der Waals surface area contributed by atoms with Gasteiger partial charge in [-0.2, -0.15) is 11.8 Å². The van der Waals surface area contributed by atoms with Crippen LogP contribution in [0.1, 0.15) is 32.6 Å². The molecule has 1 aliphatic rings. The highest BCUT2D eigenvalue weighted by Gasteiger charge is 2.41. The molecule has 3 nitrogen and oxygen atoms in total. The first-order valence-corrected chi connectivity index (χ1v) is 6.86. The minimum absolute atomic E-state index is 0.177. The van der Waals surface area contributed by atoms with Crippen LogP contribution in [0.15, 0.2) is 0 Å². The van der Waals surface area contributed by atoms with Crippen LogP contribution in [-0.4, -0.2) is 30.0 Å². The Bertz CT molecular complexity index is 217. The van der Waals surface area contributed by atoms with Crippen LogP contribution in [0.2, 0.25) is 0 Å². The van der Waals surface area contributed by atoms with Gasteiger partial charge in [-0.1, -0.05) is 6.92 Å². The summed E-state index contributed by atoms with van der Waals surface area (Å²) in [6, 6.07) is 0. The van der Waals surface area contributed by atoms with Crippen molar-refractivity contribution < 1.29 is 4.79 Å². The van der Waals surface area contributed by atoms with E-state index >= 15 is 0 Å². The van der Waals surface area contributed by atoms with Crippen LogP contribution in [-0.2, 0) is 4.79 Å². The Labute approximate surface area is 96.6 Å². The number of carbonyl (C=O) groups is 1. The molecule has 0 bridgehead atoms. The molecule has 1 aliphatic carbocycles. The second-order valence-corrected chi connectivity index (χ2v) is 5.82. The van der Waals surface area contributed by atoms with E-state index in [0.717, 1.165) is 13.0 Å². The maximum absolute atomic E-state index is 11.5. The number of carbonyl (C=O) groups excluding carboxylic acids is 1. The molecule has 1 amide bonds. The van der Waals surface area contributed by atoms with Gasteiger partial charge in [0.25, 0.3) is 0 Å². The van der Waals surface area contributed by atoms with Crippen molar-refractivity contribution in [3.8, 4) is 0 Å². The maximum atomic E-state index is 11.5. The molecule has 4 heteroatoms. The van der Waals surface area contributed by atoms with Crippen molar-refractivity contribution in [2.45, 2.75) is 37.4 Å². The summed E-state index contributed by atoms with van der Waals surface area (Å²) in [5, 5.41) is 3.02. The highest BCUT2D eigenvalue weighted by Crippen LogP contribution is 2.46. The first-order chi connectivity index (χ1) is 7.12. The Morgan fingerprint density at radius 1 is 1.60 bits per heavy atom. The van der Waals surface area contributed by atoms with Crippen molar-refractivity contribution in [3.05, 3.63) is 0 Å². The fraction of sp³-hybridized carbons (Fsp3) is 0.909. The number of hydrogen-bond acceptors (Lipinski definition) is 3. The highest BCUT2D eigenvalue weighted by molar-refractivity contribution is 8.00. The Morgan fingerprint density at radius 2 is 2.27 bits per heavy atom. The Balaban J connectivity index is 2.08. The predicted molar refractivity (Wildman–Crippen MR) is 65.9 cm³/mol. The minimum Gasteiger partial charge on any atom is -0.355 e. The summed E-state index contributed by atoms with van der Waals surface area (Å²) >= 11 is 1.87. The normalized spacial score (nSPS) is 19.7. The zero-order valence-electron chi connectivity index (χ0n) is 9.71. The van der Waals surface area contributed by atoms with E-state index in [-0.39, 0.29) is 5.91 Å². The van der Waals surface area contributed by atoms with Crippen molar-refractivity contribution in [2.75, 3.05) is 19.3 Å². The van der Waals surface area contributed by atoms with E-state index < -0.39 is 0 Å². The smallest absolute Gasteiger partial charge is 0.220 e. The van der Waals surface area contributed by atoms with Crippen molar-refractivity contribution >= 4 is 17.7 Å². The Hall–Kier alpha value is -0.220. The second-order valence-electron chi connectivity index (χ2n) is 4.54. The lowest BCUT2D eigenvalue weighted by Gasteiger charge is -2.13. The Morgan fingerprint density at radius 3 is 2.73 bits per heavy atom. The number of thioether (sulfide) groups is 1.